The first-order valence-corrected chi connectivity index (χ1v) is 9.02. The van der Waals surface area contributed by atoms with Crippen LogP contribution < -0.4 is 4.72 Å². The van der Waals surface area contributed by atoms with Crippen molar-refractivity contribution in [2.45, 2.75) is 24.5 Å². The maximum absolute atomic E-state index is 11.7. The second-order valence-corrected chi connectivity index (χ2v) is 8.56. The van der Waals surface area contributed by atoms with Crippen molar-refractivity contribution in [2.24, 2.45) is 0 Å². The molecule has 0 spiro atoms. The number of rotatable bonds is 5. The third kappa shape index (κ3) is 4.20. The molecule has 96 valence electrons. The van der Waals surface area contributed by atoms with Crippen LogP contribution in [-0.2, 0) is 19.9 Å². The Balaban J connectivity index is 2.52. The Kier molecular flexibility index (Phi) is 5.03. The summed E-state index contributed by atoms with van der Waals surface area (Å²) in [7, 11) is -6.39. The van der Waals surface area contributed by atoms with Gasteiger partial charge in [-0.05, 0) is 19.3 Å². The molecular formula is C8H16ClNO4S2. The number of hydrogen-bond acceptors (Lipinski definition) is 4. The molecule has 8 heteroatoms. The standard InChI is InChI=1S/C8H16ClNO4S2/c9-4-1-5-10-16(13,14)8-2-6-15(11,12)7-3-8/h8,10H,1-7H2. The highest BCUT2D eigenvalue weighted by molar-refractivity contribution is 7.92. The van der Waals surface area contributed by atoms with Crippen LogP contribution in [0.4, 0.5) is 0 Å². The third-order valence-corrected chi connectivity index (χ3v) is 6.49. The van der Waals surface area contributed by atoms with E-state index in [0.717, 1.165) is 0 Å². The Morgan fingerprint density at radius 2 is 1.81 bits per heavy atom. The molecule has 0 unspecified atom stereocenters. The van der Waals surface area contributed by atoms with Crippen molar-refractivity contribution in [1.29, 1.82) is 0 Å². The van der Waals surface area contributed by atoms with E-state index in [0.29, 0.717) is 18.8 Å². The Hall–Kier alpha value is 0.150. The molecule has 1 fully saturated rings. The molecule has 0 aromatic carbocycles. The van der Waals surface area contributed by atoms with Gasteiger partial charge in [-0.15, -0.1) is 11.6 Å². The van der Waals surface area contributed by atoms with E-state index in [4.69, 9.17) is 11.6 Å². The van der Waals surface area contributed by atoms with Gasteiger partial charge in [0.25, 0.3) is 0 Å². The SMILES string of the molecule is O=S1(=O)CCC(S(=O)(=O)NCCCCl)CC1. The first-order chi connectivity index (χ1) is 7.37. The summed E-state index contributed by atoms with van der Waals surface area (Å²) < 4.78 is 48.2. The molecule has 1 saturated heterocycles. The summed E-state index contributed by atoms with van der Waals surface area (Å²) in [5, 5.41) is -0.577. The lowest BCUT2D eigenvalue weighted by Crippen LogP contribution is -2.40. The number of nitrogens with one attached hydrogen (secondary N) is 1. The van der Waals surface area contributed by atoms with Crippen molar-refractivity contribution in [2.75, 3.05) is 23.9 Å². The fourth-order valence-electron chi connectivity index (χ4n) is 1.58. The summed E-state index contributed by atoms with van der Waals surface area (Å²) in [5.41, 5.74) is 0. The predicted molar refractivity (Wildman–Crippen MR) is 63.9 cm³/mol. The van der Waals surface area contributed by atoms with Crippen LogP contribution >= 0.6 is 11.6 Å². The topological polar surface area (TPSA) is 80.3 Å². The Morgan fingerprint density at radius 3 is 2.31 bits per heavy atom. The minimum Gasteiger partial charge on any atom is -0.229 e. The van der Waals surface area contributed by atoms with Crippen LogP contribution in [-0.4, -0.2) is 46.0 Å². The van der Waals surface area contributed by atoms with Crippen molar-refractivity contribution in [3.05, 3.63) is 0 Å². The third-order valence-electron chi connectivity index (χ3n) is 2.55. The molecule has 1 aliphatic rings. The normalized spacial score (nSPS) is 22.1. The average Bonchev–Trinajstić information content (AvgIpc) is 2.17. The monoisotopic (exact) mass is 289 g/mol. The van der Waals surface area contributed by atoms with Gasteiger partial charge in [-0.1, -0.05) is 0 Å². The van der Waals surface area contributed by atoms with Crippen molar-refractivity contribution >= 4 is 31.5 Å². The first-order valence-electron chi connectivity index (χ1n) is 5.12. The predicted octanol–water partition coefficient (Wildman–Crippen LogP) is 0.112. The summed E-state index contributed by atoms with van der Waals surface area (Å²) >= 11 is 5.44. The van der Waals surface area contributed by atoms with Gasteiger partial charge in [0, 0.05) is 12.4 Å². The molecule has 0 aliphatic carbocycles. The molecule has 0 radical (unpaired) electrons. The van der Waals surface area contributed by atoms with Gasteiger partial charge >= 0.3 is 0 Å². The molecule has 0 bridgehead atoms. The van der Waals surface area contributed by atoms with E-state index in [1.54, 1.807) is 0 Å². The molecule has 0 aromatic heterocycles. The van der Waals surface area contributed by atoms with Gasteiger partial charge in [-0.2, -0.15) is 0 Å². The largest absolute Gasteiger partial charge is 0.229 e. The van der Waals surface area contributed by atoms with Crippen molar-refractivity contribution in [3.8, 4) is 0 Å². The summed E-state index contributed by atoms with van der Waals surface area (Å²) in [5.74, 6) is 0.337. The Labute approximate surface area is 102 Å². The molecule has 0 aromatic rings. The van der Waals surface area contributed by atoms with Gasteiger partial charge in [0.2, 0.25) is 10.0 Å². The maximum atomic E-state index is 11.7. The van der Waals surface area contributed by atoms with E-state index in [9.17, 15) is 16.8 Å². The van der Waals surface area contributed by atoms with E-state index in [1.807, 2.05) is 0 Å². The highest BCUT2D eigenvalue weighted by atomic mass is 35.5. The van der Waals surface area contributed by atoms with E-state index in [-0.39, 0.29) is 24.3 Å². The molecule has 16 heavy (non-hydrogen) atoms. The zero-order valence-electron chi connectivity index (χ0n) is 8.85. The van der Waals surface area contributed by atoms with Crippen LogP contribution in [0.2, 0.25) is 0 Å². The van der Waals surface area contributed by atoms with Gasteiger partial charge < -0.3 is 0 Å². The molecule has 0 saturated carbocycles. The van der Waals surface area contributed by atoms with E-state index >= 15 is 0 Å². The zero-order valence-corrected chi connectivity index (χ0v) is 11.2. The Morgan fingerprint density at radius 1 is 1.25 bits per heavy atom. The highest BCUT2D eigenvalue weighted by Gasteiger charge is 2.32. The van der Waals surface area contributed by atoms with E-state index in [1.165, 1.54) is 0 Å². The lowest BCUT2D eigenvalue weighted by atomic mass is 10.2. The summed E-state index contributed by atoms with van der Waals surface area (Å²) in [4.78, 5) is 0. The smallest absolute Gasteiger partial charge is 0.214 e. The second kappa shape index (κ2) is 5.66. The minimum atomic E-state index is -3.38. The van der Waals surface area contributed by atoms with Crippen molar-refractivity contribution in [1.82, 2.24) is 4.72 Å². The first kappa shape index (κ1) is 14.2. The molecule has 1 rings (SSSR count). The van der Waals surface area contributed by atoms with Crippen LogP contribution in [0.5, 0.6) is 0 Å². The van der Waals surface area contributed by atoms with E-state index < -0.39 is 25.1 Å². The summed E-state index contributed by atoms with van der Waals surface area (Å²) in [6.45, 7) is 0.315. The van der Waals surface area contributed by atoms with Crippen molar-refractivity contribution in [3.63, 3.8) is 0 Å². The van der Waals surface area contributed by atoms with E-state index in [2.05, 4.69) is 4.72 Å². The molecule has 1 heterocycles. The van der Waals surface area contributed by atoms with Crippen LogP contribution in [0.25, 0.3) is 0 Å². The van der Waals surface area contributed by atoms with Gasteiger partial charge in [0.15, 0.2) is 0 Å². The molecule has 1 aliphatic heterocycles. The fraction of sp³-hybridized carbons (Fsp3) is 1.00. The Bertz CT molecular complexity index is 403. The molecular weight excluding hydrogens is 274 g/mol. The van der Waals surface area contributed by atoms with Crippen LogP contribution in [0, 0.1) is 0 Å². The number of alkyl halides is 1. The van der Waals surface area contributed by atoms with Gasteiger partial charge in [0.1, 0.15) is 9.84 Å². The number of sulfone groups is 1. The number of sulfonamides is 1. The number of hydrogen-bond donors (Lipinski definition) is 1. The second-order valence-electron chi connectivity index (χ2n) is 3.83. The van der Waals surface area contributed by atoms with Gasteiger partial charge in [0.05, 0.1) is 16.8 Å². The average molecular weight is 290 g/mol. The quantitative estimate of drug-likeness (QED) is 0.575. The lowest BCUT2D eigenvalue weighted by molar-refractivity contribution is 0.542. The van der Waals surface area contributed by atoms with Gasteiger partial charge in [-0.3, -0.25) is 0 Å². The van der Waals surface area contributed by atoms with Crippen molar-refractivity contribution < 1.29 is 16.8 Å². The van der Waals surface area contributed by atoms with Crippen LogP contribution in [0.15, 0.2) is 0 Å². The minimum absolute atomic E-state index is 0.0336. The molecule has 1 N–H and O–H groups in total. The number of halogens is 1. The summed E-state index contributed by atoms with van der Waals surface area (Å²) in [6, 6.07) is 0. The zero-order chi connectivity index (χ0) is 12.2. The lowest BCUT2D eigenvalue weighted by Gasteiger charge is -2.22. The summed E-state index contributed by atoms with van der Waals surface area (Å²) in [6.07, 6.45) is 0.961. The molecule has 0 amide bonds. The van der Waals surface area contributed by atoms with Gasteiger partial charge in [-0.25, -0.2) is 21.6 Å². The maximum Gasteiger partial charge on any atom is 0.214 e. The van der Waals surface area contributed by atoms with Crippen LogP contribution in [0.1, 0.15) is 19.3 Å². The molecule has 5 nitrogen and oxygen atoms in total. The molecule has 0 atom stereocenters. The highest BCUT2D eigenvalue weighted by Crippen LogP contribution is 2.18. The van der Waals surface area contributed by atoms with Crippen LogP contribution in [0.3, 0.4) is 0 Å². The fourth-order valence-corrected chi connectivity index (χ4v) is 5.02.